The van der Waals surface area contributed by atoms with E-state index in [1.807, 2.05) is 18.2 Å². The molecule has 0 radical (unpaired) electrons. The van der Waals surface area contributed by atoms with E-state index in [1.165, 1.54) is 5.56 Å². The number of aromatic nitrogens is 7. The lowest BCUT2D eigenvalue weighted by molar-refractivity contribution is 0.389. The minimum absolute atomic E-state index is 0.362. The van der Waals surface area contributed by atoms with Crippen LogP contribution in [0.25, 0.3) is 11.5 Å². The maximum absolute atomic E-state index is 5.35. The molecule has 0 saturated heterocycles. The van der Waals surface area contributed by atoms with Gasteiger partial charge in [-0.05, 0) is 42.7 Å². The Labute approximate surface area is 201 Å². The fraction of sp³-hybridized carbons (Fsp3) is 0.167. The van der Waals surface area contributed by atoms with Crippen molar-refractivity contribution in [3.8, 4) is 17.3 Å². The molecule has 4 heterocycles. The molecule has 35 heavy (non-hydrogen) atoms. The molecular weight excluding hydrogens is 446 g/mol. The fourth-order valence-corrected chi connectivity index (χ4v) is 3.37. The fourth-order valence-electron chi connectivity index (χ4n) is 3.37. The molecular formula is C24H23N9O2. The maximum Gasteiger partial charge on any atom is 0.224 e. The first-order valence-corrected chi connectivity index (χ1v) is 11.0. The van der Waals surface area contributed by atoms with Gasteiger partial charge in [0.1, 0.15) is 11.6 Å². The first-order valence-electron chi connectivity index (χ1n) is 11.0. The smallest absolute Gasteiger partial charge is 0.224 e. The molecule has 4 aromatic heterocycles. The number of aryl methyl sites for hydroxylation is 2. The summed E-state index contributed by atoms with van der Waals surface area (Å²) in [5.41, 5.74) is 2.83. The van der Waals surface area contributed by atoms with Crippen molar-refractivity contribution >= 4 is 17.6 Å². The summed E-state index contributed by atoms with van der Waals surface area (Å²) in [4.78, 5) is 17.1. The highest BCUT2D eigenvalue weighted by Crippen LogP contribution is 2.18. The number of aromatic amines is 1. The van der Waals surface area contributed by atoms with Crippen LogP contribution in [-0.2, 0) is 19.4 Å². The van der Waals surface area contributed by atoms with Crippen LogP contribution in [0.2, 0.25) is 0 Å². The lowest BCUT2D eigenvalue weighted by Crippen LogP contribution is -2.04. The van der Waals surface area contributed by atoms with Crippen molar-refractivity contribution in [3.05, 3.63) is 84.1 Å². The van der Waals surface area contributed by atoms with Gasteiger partial charge in [-0.3, -0.25) is 5.10 Å². The SMILES string of the molecule is COc1ccc(CCc2cc(Nc3ccnc(NCc4cc(-c5ncccn5)no4)n3)n[nH]2)cc1. The molecule has 5 rings (SSSR count). The van der Waals surface area contributed by atoms with E-state index in [0.717, 1.165) is 24.3 Å². The third kappa shape index (κ3) is 5.77. The van der Waals surface area contributed by atoms with Gasteiger partial charge in [0.15, 0.2) is 23.1 Å². The molecule has 1 aromatic carbocycles. The van der Waals surface area contributed by atoms with Gasteiger partial charge in [-0.2, -0.15) is 10.1 Å². The summed E-state index contributed by atoms with van der Waals surface area (Å²) in [5.74, 6) is 3.72. The number of nitrogens with zero attached hydrogens (tertiary/aromatic N) is 6. The van der Waals surface area contributed by atoms with Crippen LogP contribution in [0.5, 0.6) is 5.75 Å². The second-order valence-corrected chi connectivity index (χ2v) is 7.62. The van der Waals surface area contributed by atoms with Crippen molar-refractivity contribution in [3.63, 3.8) is 0 Å². The standard InChI is InChI=1S/C24H23N9O2/c1-34-18-7-4-16(5-8-18)3-6-17-13-22(32-31-17)29-21-9-12-27-24(30-21)28-15-19-14-20(33-35-19)23-25-10-2-11-26-23/h2,4-5,7-14H,3,6,15H2,1H3,(H3,27,28,29,30,31,32). The Morgan fingerprint density at radius 3 is 2.63 bits per heavy atom. The summed E-state index contributed by atoms with van der Waals surface area (Å²) < 4.78 is 10.6. The molecule has 0 spiro atoms. The number of hydrogen-bond acceptors (Lipinski definition) is 10. The molecule has 0 amide bonds. The van der Waals surface area contributed by atoms with E-state index in [0.29, 0.717) is 41.4 Å². The van der Waals surface area contributed by atoms with E-state index in [1.54, 1.807) is 43.9 Å². The molecule has 0 unspecified atom stereocenters. The number of methoxy groups -OCH3 is 1. The van der Waals surface area contributed by atoms with Gasteiger partial charge in [0.05, 0.1) is 13.7 Å². The highest BCUT2D eigenvalue weighted by Gasteiger charge is 2.10. The van der Waals surface area contributed by atoms with Gasteiger partial charge in [0, 0.05) is 36.4 Å². The molecule has 0 atom stereocenters. The number of ether oxygens (including phenoxy) is 1. The second kappa shape index (κ2) is 10.4. The van der Waals surface area contributed by atoms with Crippen LogP contribution in [0.3, 0.4) is 0 Å². The largest absolute Gasteiger partial charge is 0.497 e. The number of rotatable bonds is 10. The van der Waals surface area contributed by atoms with E-state index in [-0.39, 0.29) is 0 Å². The Balaban J connectivity index is 1.15. The zero-order valence-electron chi connectivity index (χ0n) is 19.0. The topological polar surface area (TPSA) is 140 Å². The molecule has 11 heteroatoms. The van der Waals surface area contributed by atoms with Crippen molar-refractivity contribution in [1.29, 1.82) is 0 Å². The molecule has 5 aromatic rings. The number of benzene rings is 1. The Morgan fingerprint density at radius 1 is 0.943 bits per heavy atom. The van der Waals surface area contributed by atoms with Gasteiger partial charge in [-0.15, -0.1) is 0 Å². The van der Waals surface area contributed by atoms with Crippen LogP contribution in [0.15, 0.2) is 71.6 Å². The highest BCUT2D eigenvalue weighted by atomic mass is 16.5. The van der Waals surface area contributed by atoms with Crippen LogP contribution in [0.1, 0.15) is 17.0 Å². The Hall–Kier alpha value is -4.80. The number of nitrogens with one attached hydrogen (secondary N) is 3. The maximum atomic E-state index is 5.35. The number of hydrogen-bond donors (Lipinski definition) is 3. The zero-order chi connectivity index (χ0) is 23.9. The lowest BCUT2D eigenvalue weighted by Gasteiger charge is -2.05. The number of anilines is 3. The van der Waals surface area contributed by atoms with Crippen molar-refractivity contribution in [2.75, 3.05) is 17.7 Å². The first kappa shape index (κ1) is 22.0. The minimum Gasteiger partial charge on any atom is -0.497 e. The molecule has 11 nitrogen and oxygen atoms in total. The van der Waals surface area contributed by atoms with Crippen LogP contribution in [0.4, 0.5) is 17.6 Å². The summed E-state index contributed by atoms with van der Waals surface area (Å²) in [6, 6.07) is 15.3. The Kier molecular flexibility index (Phi) is 6.56. The van der Waals surface area contributed by atoms with Gasteiger partial charge < -0.3 is 19.9 Å². The highest BCUT2D eigenvalue weighted by molar-refractivity contribution is 5.53. The Bertz CT molecular complexity index is 1370. The van der Waals surface area contributed by atoms with Crippen LogP contribution >= 0.6 is 0 Å². The van der Waals surface area contributed by atoms with E-state index in [9.17, 15) is 0 Å². The predicted octanol–water partition coefficient (Wildman–Crippen LogP) is 3.79. The third-order valence-corrected chi connectivity index (χ3v) is 5.16. The lowest BCUT2D eigenvalue weighted by atomic mass is 10.1. The zero-order valence-corrected chi connectivity index (χ0v) is 19.0. The monoisotopic (exact) mass is 469 g/mol. The molecule has 0 aliphatic carbocycles. The molecule has 0 saturated carbocycles. The van der Waals surface area contributed by atoms with Crippen molar-refractivity contribution in [1.82, 2.24) is 35.3 Å². The van der Waals surface area contributed by atoms with E-state index >= 15 is 0 Å². The normalized spacial score (nSPS) is 10.8. The first-order chi connectivity index (χ1) is 17.2. The number of H-pyrrole nitrogens is 1. The third-order valence-electron chi connectivity index (χ3n) is 5.16. The summed E-state index contributed by atoms with van der Waals surface area (Å²) in [5, 5.41) is 17.7. The minimum atomic E-state index is 0.362. The van der Waals surface area contributed by atoms with Crippen LogP contribution in [-0.4, -0.2) is 42.4 Å². The Morgan fingerprint density at radius 2 is 1.80 bits per heavy atom. The molecule has 176 valence electrons. The second-order valence-electron chi connectivity index (χ2n) is 7.62. The van der Waals surface area contributed by atoms with Crippen LogP contribution < -0.4 is 15.4 Å². The summed E-state index contributed by atoms with van der Waals surface area (Å²) in [7, 11) is 1.67. The van der Waals surface area contributed by atoms with Gasteiger partial charge in [0.25, 0.3) is 0 Å². The molecule has 3 N–H and O–H groups in total. The van der Waals surface area contributed by atoms with Gasteiger partial charge in [-0.25, -0.2) is 15.0 Å². The summed E-state index contributed by atoms with van der Waals surface area (Å²) >= 11 is 0. The van der Waals surface area contributed by atoms with Crippen molar-refractivity contribution in [2.24, 2.45) is 0 Å². The molecule has 0 fully saturated rings. The van der Waals surface area contributed by atoms with Gasteiger partial charge in [0.2, 0.25) is 5.95 Å². The molecule has 0 bridgehead atoms. The van der Waals surface area contributed by atoms with Crippen molar-refractivity contribution in [2.45, 2.75) is 19.4 Å². The predicted molar refractivity (Wildman–Crippen MR) is 129 cm³/mol. The van der Waals surface area contributed by atoms with E-state index in [4.69, 9.17) is 9.26 Å². The summed E-state index contributed by atoms with van der Waals surface area (Å²) in [6.07, 6.45) is 6.71. The van der Waals surface area contributed by atoms with Crippen LogP contribution in [0, 0.1) is 0 Å². The van der Waals surface area contributed by atoms with Crippen molar-refractivity contribution < 1.29 is 9.26 Å². The quantitative estimate of drug-likeness (QED) is 0.277. The van der Waals surface area contributed by atoms with E-state index < -0.39 is 0 Å². The van der Waals surface area contributed by atoms with Gasteiger partial charge in [-0.1, -0.05) is 17.3 Å². The molecule has 0 aliphatic rings. The van der Waals surface area contributed by atoms with Gasteiger partial charge >= 0.3 is 0 Å². The molecule has 0 aliphatic heterocycles. The van der Waals surface area contributed by atoms with E-state index in [2.05, 4.69) is 58.1 Å². The average Bonchev–Trinajstić information content (AvgIpc) is 3.57. The average molecular weight is 470 g/mol. The summed E-state index contributed by atoms with van der Waals surface area (Å²) in [6.45, 7) is 0.362.